The highest BCUT2D eigenvalue weighted by atomic mass is 32.2. The van der Waals surface area contributed by atoms with Crippen LogP contribution in [0.25, 0.3) is 0 Å². The number of sulfonamides is 1. The molecule has 0 aliphatic carbocycles. The largest absolute Gasteiger partial charge is 0.284 e. The van der Waals surface area contributed by atoms with Gasteiger partial charge in [0.05, 0.1) is 14.7 Å². The first kappa shape index (κ1) is 23.1. The van der Waals surface area contributed by atoms with Gasteiger partial charge < -0.3 is 0 Å². The SMILES string of the molecule is CCCCSc1nnc(Sc2ccc(S(=O)(=O)N(CC)CC)cc2[N+](=O)[O-])s1. The second-order valence-electron chi connectivity index (χ2n) is 5.61. The van der Waals surface area contributed by atoms with E-state index >= 15 is 0 Å². The molecule has 0 unspecified atom stereocenters. The molecule has 28 heavy (non-hydrogen) atoms. The summed E-state index contributed by atoms with van der Waals surface area (Å²) in [6, 6.07) is 3.99. The van der Waals surface area contributed by atoms with Gasteiger partial charge in [-0.3, -0.25) is 10.1 Å². The number of hydrogen-bond donors (Lipinski definition) is 0. The van der Waals surface area contributed by atoms with Crippen molar-refractivity contribution in [1.29, 1.82) is 0 Å². The van der Waals surface area contributed by atoms with Crippen molar-refractivity contribution in [3.05, 3.63) is 28.3 Å². The van der Waals surface area contributed by atoms with Crippen molar-refractivity contribution in [3.63, 3.8) is 0 Å². The van der Waals surface area contributed by atoms with Gasteiger partial charge in [-0.2, -0.15) is 4.31 Å². The topological polar surface area (TPSA) is 106 Å². The Labute approximate surface area is 177 Å². The monoisotopic (exact) mass is 462 g/mol. The summed E-state index contributed by atoms with van der Waals surface area (Å²) in [6.07, 6.45) is 2.18. The zero-order valence-corrected chi connectivity index (χ0v) is 19.1. The third-order valence-electron chi connectivity index (χ3n) is 3.78. The van der Waals surface area contributed by atoms with E-state index in [2.05, 4.69) is 17.1 Å². The van der Waals surface area contributed by atoms with Crippen molar-refractivity contribution in [2.24, 2.45) is 0 Å². The predicted octanol–water partition coefficient (Wildman–Crippen LogP) is 4.52. The first-order chi connectivity index (χ1) is 13.3. The van der Waals surface area contributed by atoms with Gasteiger partial charge in [0, 0.05) is 24.9 Å². The molecule has 0 saturated heterocycles. The molecule has 0 radical (unpaired) electrons. The summed E-state index contributed by atoms with van der Waals surface area (Å²) < 4.78 is 28.0. The maximum Gasteiger partial charge on any atom is 0.284 e. The lowest BCUT2D eigenvalue weighted by atomic mass is 10.3. The van der Waals surface area contributed by atoms with Gasteiger partial charge >= 0.3 is 0 Å². The predicted molar refractivity (Wildman–Crippen MR) is 113 cm³/mol. The Morgan fingerprint density at radius 3 is 2.46 bits per heavy atom. The average Bonchev–Trinajstić information content (AvgIpc) is 3.10. The van der Waals surface area contributed by atoms with Crippen molar-refractivity contribution >= 4 is 50.6 Å². The van der Waals surface area contributed by atoms with Crippen LogP contribution < -0.4 is 0 Å². The van der Waals surface area contributed by atoms with Gasteiger partial charge in [0.1, 0.15) is 0 Å². The van der Waals surface area contributed by atoms with E-state index in [-0.39, 0.29) is 10.6 Å². The summed E-state index contributed by atoms with van der Waals surface area (Å²) >= 11 is 4.11. The summed E-state index contributed by atoms with van der Waals surface area (Å²) in [5.74, 6) is 0.952. The molecule has 12 heteroatoms. The molecule has 0 aliphatic rings. The Bertz CT molecular complexity index is 913. The maximum absolute atomic E-state index is 12.6. The highest BCUT2D eigenvalue weighted by Gasteiger charge is 2.26. The zero-order valence-electron chi connectivity index (χ0n) is 15.8. The standard InChI is InChI=1S/C16H22N4O4S4/c1-4-7-10-25-15-17-18-16(27-15)26-14-9-8-12(11-13(14)20(21)22)28(23,24)19(5-2)6-3/h8-9,11H,4-7,10H2,1-3H3. The number of thioether (sulfide) groups is 1. The van der Waals surface area contributed by atoms with Crippen LogP contribution in [0.1, 0.15) is 33.6 Å². The zero-order chi connectivity index (χ0) is 20.7. The minimum atomic E-state index is -3.76. The van der Waals surface area contributed by atoms with E-state index in [1.54, 1.807) is 25.6 Å². The normalized spacial score (nSPS) is 11.9. The minimum Gasteiger partial charge on any atom is -0.258 e. The molecule has 0 spiro atoms. The summed E-state index contributed by atoms with van der Waals surface area (Å²) in [6.45, 7) is 6.17. The molecule has 2 aromatic rings. The molecule has 1 heterocycles. The van der Waals surface area contributed by atoms with Gasteiger partial charge in [-0.25, -0.2) is 8.42 Å². The Morgan fingerprint density at radius 2 is 1.86 bits per heavy atom. The number of nitro groups is 1. The molecule has 154 valence electrons. The van der Waals surface area contributed by atoms with E-state index in [0.717, 1.165) is 40.8 Å². The van der Waals surface area contributed by atoms with Gasteiger partial charge in [-0.15, -0.1) is 10.2 Å². The van der Waals surface area contributed by atoms with Crippen LogP contribution in [-0.4, -0.2) is 46.7 Å². The van der Waals surface area contributed by atoms with Crippen LogP contribution in [0, 0.1) is 10.1 Å². The van der Waals surface area contributed by atoms with Crippen LogP contribution in [0.5, 0.6) is 0 Å². The summed E-state index contributed by atoms with van der Waals surface area (Å²) in [5.41, 5.74) is -0.256. The van der Waals surface area contributed by atoms with Crippen molar-refractivity contribution in [1.82, 2.24) is 14.5 Å². The lowest BCUT2D eigenvalue weighted by molar-refractivity contribution is -0.388. The molecule has 0 aliphatic heterocycles. The first-order valence-electron chi connectivity index (χ1n) is 8.76. The summed E-state index contributed by atoms with van der Waals surface area (Å²) in [4.78, 5) is 11.2. The lowest BCUT2D eigenvalue weighted by Crippen LogP contribution is -2.30. The fourth-order valence-electron chi connectivity index (χ4n) is 2.29. The molecular formula is C16H22N4O4S4. The molecular weight excluding hydrogens is 440 g/mol. The molecule has 0 N–H and O–H groups in total. The van der Waals surface area contributed by atoms with E-state index in [0.29, 0.717) is 22.3 Å². The van der Waals surface area contributed by atoms with Crippen molar-refractivity contribution < 1.29 is 13.3 Å². The van der Waals surface area contributed by atoms with Gasteiger partial charge in [-0.05, 0) is 18.6 Å². The quantitative estimate of drug-likeness (QED) is 0.208. The summed E-state index contributed by atoms with van der Waals surface area (Å²) in [5, 5.41) is 19.7. The summed E-state index contributed by atoms with van der Waals surface area (Å²) in [7, 11) is -3.76. The van der Waals surface area contributed by atoms with Crippen LogP contribution >= 0.6 is 34.9 Å². The molecule has 2 rings (SSSR count). The van der Waals surface area contributed by atoms with Crippen LogP contribution in [0.15, 0.2) is 36.7 Å². The Kier molecular flexibility index (Phi) is 8.68. The second-order valence-corrected chi connectivity index (χ2v) is 11.2. The first-order valence-corrected chi connectivity index (χ1v) is 12.8. The Hall–Kier alpha value is -1.21. The van der Waals surface area contributed by atoms with Gasteiger partial charge in [-0.1, -0.05) is 62.1 Å². The smallest absolute Gasteiger partial charge is 0.258 e. The number of rotatable bonds is 11. The van der Waals surface area contributed by atoms with E-state index < -0.39 is 14.9 Å². The maximum atomic E-state index is 12.6. The second kappa shape index (κ2) is 10.5. The molecule has 0 saturated carbocycles. The molecule has 1 aromatic carbocycles. The van der Waals surface area contributed by atoms with Crippen LogP contribution in [0.2, 0.25) is 0 Å². The molecule has 0 bridgehead atoms. The van der Waals surface area contributed by atoms with E-state index in [9.17, 15) is 18.5 Å². The molecule has 0 atom stereocenters. The van der Waals surface area contributed by atoms with E-state index in [1.165, 1.54) is 27.8 Å². The van der Waals surface area contributed by atoms with Crippen LogP contribution in [0.3, 0.4) is 0 Å². The molecule has 0 fully saturated rings. The van der Waals surface area contributed by atoms with E-state index in [1.807, 2.05) is 0 Å². The van der Waals surface area contributed by atoms with Crippen molar-refractivity contribution in [3.8, 4) is 0 Å². The van der Waals surface area contributed by atoms with Crippen molar-refractivity contribution in [2.75, 3.05) is 18.8 Å². The Balaban J connectivity index is 2.28. The van der Waals surface area contributed by atoms with Crippen LogP contribution in [0.4, 0.5) is 5.69 Å². The highest BCUT2D eigenvalue weighted by molar-refractivity contribution is 8.03. The van der Waals surface area contributed by atoms with Gasteiger partial charge in [0.25, 0.3) is 5.69 Å². The molecule has 1 aromatic heterocycles. The fraction of sp³-hybridized carbons (Fsp3) is 0.500. The minimum absolute atomic E-state index is 0.0830. The number of benzene rings is 1. The number of unbranched alkanes of at least 4 members (excludes halogenated alkanes) is 1. The van der Waals surface area contributed by atoms with Gasteiger partial charge in [0.15, 0.2) is 8.68 Å². The number of aromatic nitrogens is 2. The van der Waals surface area contributed by atoms with Crippen LogP contribution in [-0.2, 0) is 10.0 Å². The Morgan fingerprint density at radius 1 is 1.18 bits per heavy atom. The molecule has 8 nitrogen and oxygen atoms in total. The third kappa shape index (κ3) is 5.66. The number of hydrogen-bond acceptors (Lipinski definition) is 9. The average molecular weight is 463 g/mol. The van der Waals surface area contributed by atoms with Crippen molar-refractivity contribution in [2.45, 2.75) is 52.1 Å². The molecule has 0 amide bonds. The van der Waals surface area contributed by atoms with E-state index in [4.69, 9.17) is 0 Å². The number of nitro benzene ring substituents is 1. The third-order valence-corrected chi connectivity index (χ3v) is 9.08. The fourth-order valence-corrected chi connectivity index (χ4v) is 6.99. The number of nitrogens with zero attached hydrogens (tertiary/aromatic N) is 4. The highest BCUT2D eigenvalue weighted by Crippen LogP contribution is 2.39. The van der Waals surface area contributed by atoms with Gasteiger partial charge in [0.2, 0.25) is 10.0 Å². The lowest BCUT2D eigenvalue weighted by Gasteiger charge is -2.18.